The molecule has 0 atom stereocenters. The number of carbonyl (C=O) groups is 1. The molecule has 1 N–H and O–H groups in total. The lowest BCUT2D eigenvalue weighted by atomic mass is 10.2. The van der Waals surface area contributed by atoms with Gasteiger partial charge in [0.25, 0.3) is 5.91 Å². The van der Waals surface area contributed by atoms with Crippen LogP contribution < -0.4 is 0 Å². The van der Waals surface area contributed by atoms with Crippen LogP contribution in [0, 0.1) is 6.92 Å². The first kappa shape index (κ1) is 13.7. The zero-order valence-corrected chi connectivity index (χ0v) is 10.5. The maximum Gasteiger partial charge on any atom is 0.272 e. The Bertz CT molecular complexity index is 359. The highest BCUT2D eigenvalue weighted by Crippen LogP contribution is 2.08. The van der Waals surface area contributed by atoms with E-state index in [0.29, 0.717) is 6.61 Å². The largest absolute Gasteiger partial charge is 0.386 e. The van der Waals surface area contributed by atoms with E-state index in [1.54, 1.807) is 0 Å². The molecule has 0 saturated heterocycles. The molecule has 0 aliphatic heterocycles. The van der Waals surface area contributed by atoms with Crippen LogP contribution in [0.3, 0.4) is 0 Å². The monoisotopic (exact) mass is 237 g/mol. The van der Waals surface area contributed by atoms with Crippen LogP contribution in [0.25, 0.3) is 0 Å². The molecule has 17 heavy (non-hydrogen) atoms. The van der Waals surface area contributed by atoms with Crippen molar-refractivity contribution < 1.29 is 14.7 Å². The van der Waals surface area contributed by atoms with Crippen molar-refractivity contribution in [3.05, 3.63) is 35.4 Å². The molecule has 0 unspecified atom stereocenters. The standard InChI is InChI=1S/C13H19NO3/c1-10(2)14(13(16)8-15)17-9-12-6-4-11(3)5-7-12/h4-7,10,15H,8-9H2,1-3H3. The van der Waals surface area contributed by atoms with Gasteiger partial charge in [-0.15, -0.1) is 0 Å². The Hall–Kier alpha value is -1.39. The molecule has 0 aromatic heterocycles. The molecule has 0 bridgehead atoms. The minimum Gasteiger partial charge on any atom is -0.386 e. The van der Waals surface area contributed by atoms with Gasteiger partial charge in [-0.1, -0.05) is 29.8 Å². The predicted molar refractivity (Wildman–Crippen MR) is 65.0 cm³/mol. The molecular formula is C13H19NO3. The summed E-state index contributed by atoms with van der Waals surface area (Å²) in [6.45, 7) is 5.47. The number of hydroxylamine groups is 2. The normalized spacial score (nSPS) is 10.6. The van der Waals surface area contributed by atoms with Gasteiger partial charge in [-0.3, -0.25) is 9.63 Å². The van der Waals surface area contributed by atoms with Crippen molar-refractivity contribution in [2.24, 2.45) is 0 Å². The van der Waals surface area contributed by atoms with Crippen molar-refractivity contribution >= 4 is 5.91 Å². The van der Waals surface area contributed by atoms with Crippen LogP contribution in [0.2, 0.25) is 0 Å². The Balaban J connectivity index is 2.58. The third kappa shape index (κ3) is 4.17. The number of aliphatic hydroxyl groups is 1. The van der Waals surface area contributed by atoms with Gasteiger partial charge in [0, 0.05) is 0 Å². The van der Waals surface area contributed by atoms with Crippen LogP contribution in [-0.2, 0) is 16.2 Å². The quantitative estimate of drug-likeness (QED) is 0.792. The molecule has 0 saturated carbocycles. The Morgan fingerprint density at radius 3 is 2.41 bits per heavy atom. The van der Waals surface area contributed by atoms with E-state index in [9.17, 15) is 4.79 Å². The van der Waals surface area contributed by atoms with E-state index in [2.05, 4.69) is 0 Å². The zero-order chi connectivity index (χ0) is 12.8. The molecule has 0 aliphatic carbocycles. The van der Waals surface area contributed by atoms with E-state index < -0.39 is 12.5 Å². The average molecular weight is 237 g/mol. The van der Waals surface area contributed by atoms with Crippen molar-refractivity contribution in [2.75, 3.05) is 6.61 Å². The molecule has 0 heterocycles. The third-order valence-corrected chi connectivity index (χ3v) is 2.34. The Labute approximate surface area is 102 Å². The summed E-state index contributed by atoms with van der Waals surface area (Å²) in [5.41, 5.74) is 2.17. The van der Waals surface area contributed by atoms with Crippen LogP contribution in [0.5, 0.6) is 0 Å². The number of benzene rings is 1. The van der Waals surface area contributed by atoms with E-state index in [0.717, 1.165) is 5.56 Å². The summed E-state index contributed by atoms with van der Waals surface area (Å²) in [6.07, 6.45) is 0. The topological polar surface area (TPSA) is 49.8 Å². The van der Waals surface area contributed by atoms with Gasteiger partial charge in [-0.2, -0.15) is 0 Å². The van der Waals surface area contributed by atoms with Crippen molar-refractivity contribution in [3.63, 3.8) is 0 Å². The first-order valence-electron chi connectivity index (χ1n) is 5.66. The lowest BCUT2D eigenvalue weighted by molar-refractivity contribution is -0.204. The van der Waals surface area contributed by atoms with Gasteiger partial charge in [0.15, 0.2) is 0 Å². The minimum atomic E-state index is -0.536. The molecule has 4 heteroatoms. The summed E-state index contributed by atoms with van der Waals surface area (Å²) in [5.74, 6) is -0.424. The molecule has 4 nitrogen and oxygen atoms in total. The lowest BCUT2D eigenvalue weighted by Gasteiger charge is -2.24. The number of hydrogen-bond donors (Lipinski definition) is 1. The number of rotatable bonds is 5. The molecule has 94 valence electrons. The molecular weight excluding hydrogens is 218 g/mol. The zero-order valence-electron chi connectivity index (χ0n) is 10.5. The fraction of sp³-hybridized carbons (Fsp3) is 0.462. The number of carbonyl (C=O) groups excluding carboxylic acids is 1. The molecule has 0 aliphatic rings. The number of aliphatic hydroxyl groups excluding tert-OH is 1. The summed E-state index contributed by atoms with van der Waals surface area (Å²) in [6, 6.07) is 7.80. The number of aryl methyl sites for hydroxylation is 1. The van der Waals surface area contributed by atoms with Gasteiger partial charge in [-0.25, -0.2) is 5.06 Å². The molecule has 0 fully saturated rings. The second kappa shape index (κ2) is 6.37. The fourth-order valence-electron chi connectivity index (χ4n) is 1.41. The van der Waals surface area contributed by atoms with Crippen molar-refractivity contribution in [1.82, 2.24) is 5.06 Å². The second-order valence-electron chi connectivity index (χ2n) is 4.23. The average Bonchev–Trinajstić information content (AvgIpc) is 2.31. The predicted octanol–water partition coefficient (Wildman–Crippen LogP) is 1.66. The first-order valence-corrected chi connectivity index (χ1v) is 5.66. The molecule has 0 radical (unpaired) electrons. The Morgan fingerprint density at radius 2 is 1.94 bits per heavy atom. The summed E-state index contributed by atoms with van der Waals surface area (Å²) >= 11 is 0. The van der Waals surface area contributed by atoms with E-state index in [1.165, 1.54) is 10.6 Å². The van der Waals surface area contributed by atoms with Crippen LogP contribution in [0.1, 0.15) is 25.0 Å². The van der Waals surface area contributed by atoms with Gasteiger partial charge < -0.3 is 5.11 Å². The molecule has 1 amide bonds. The van der Waals surface area contributed by atoms with Crippen molar-refractivity contribution in [3.8, 4) is 0 Å². The van der Waals surface area contributed by atoms with Crippen LogP contribution in [0.4, 0.5) is 0 Å². The van der Waals surface area contributed by atoms with Crippen LogP contribution >= 0.6 is 0 Å². The van der Waals surface area contributed by atoms with Crippen LogP contribution in [0.15, 0.2) is 24.3 Å². The molecule has 1 aromatic carbocycles. The number of hydrogen-bond acceptors (Lipinski definition) is 3. The first-order chi connectivity index (χ1) is 8.04. The van der Waals surface area contributed by atoms with Gasteiger partial charge in [0.2, 0.25) is 0 Å². The maximum atomic E-state index is 11.4. The second-order valence-corrected chi connectivity index (χ2v) is 4.23. The highest BCUT2D eigenvalue weighted by Gasteiger charge is 2.16. The van der Waals surface area contributed by atoms with E-state index in [4.69, 9.17) is 9.94 Å². The summed E-state index contributed by atoms with van der Waals surface area (Å²) in [5, 5.41) is 10.0. The molecule has 1 rings (SSSR count). The van der Waals surface area contributed by atoms with Gasteiger partial charge in [-0.05, 0) is 26.3 Å². The van der Waals surface area contributed by atoms with Crippen LogP contribution in [-0.4, -0.2) is 28.7 Å². The molecule has 1 aromatic rings. The maximum absolute atomic E-state index is 11.4. The summed E-state index contributed by atoms with van der Waals surface area (Å²) < 4.78 is 0. The highest BCUT2D eigenvalue weighted by atomic mass is 16.7. The van der Waals surface area contributed by atoms with Crippen molar-refractivity contribution in [2.45, 2.75) is 33.4 Å². The number of nitrogens with zero attached hydrogens (tertiary/aromatic N) is 1. The van der Waals surface area contributed by atoms with E-state index >= 15 is 0 Å². The minimum absolute atomic E-state index is 0.0971. The van der Waals surface area contributed by atoms with Crippen molar-refractivity contribution in [1.29, 1.82) is 0 Å². The molecule has 0 spiro atoms. The van der Waals surface area contributed by atoms with Gasteiger partial charge in [0.05, 0.1) is 6.04 Å². The number of amides is 1. The summed E-state index contributed by atoms with van der Waals surface area (Å²) in [7, 11) is 0. The van der Waals surface area contributed by atoms with E-state index in [1.807, 2.05) is 45.0 Å². The SMILES string of the molecule is Cc1ccc(CON(C(=O)CO)C(C)C)cc1. The van der Waals surface area contributed by atoms with Gasteiger partial charge >= 0.3 is 0 Å². The van der Waals surface area contributed by atoms with Gasteiger partial charge in [0.1, 0.15) is 13.2 Å². The van der Waals surface area contributed by atoms with E-state index in [-0.39, 0.29) is 6.04 Å². The third-order valence-electron chi connectivity index (χ3n) is 2.34. The smallest absolute Gasteiger partial charge is 0.272 e. The Kier molecular flexibility index (Phi) is 5.12. The Morgan fingerprint density at radius 1 is 1.35 bits per heavy atom. The lowest BCUT2D eigenvalue weighted by Crippen LogP contribution is -2.38. The summed E-state index contributed by atoms with van der Waals surface area (Å²) in [4.78, 5) is 16.8. The fourth-order valence-corrected chi connectivity index (χ4v) is 1.41. The highest BCUT2D eigenvalue weighted by molar-refractivity contribution is 5.76.